The first kappa shape index (κ1) is 11.6. The van der Waals surface area contributed by atoms with Crippen molar-refractivity contribution in [2.75, 3.05) is 24.8 Å². The highest BCUT2D eigenvalue weighted by Gasteiger charge is 2.08. The topological polar surface area (TPSA) is 9.23 Å². The minimum absolute atomic E-state index is 0.352. The number of halogens is 1. The van der Waals surface area contributed by atoms with Crippen LogP contribution in [-0.4, -0.2) is 29.6 Å². The summed E-state index contributed by atoms with van der Waals surface area (Å²) in [6.45, 7) is 8.11. The maximum absolute atomic E-state index is 5.44. The van der Waals surface area contributed by atoms with Crippen LogP contribution in [0, 0.1) is 0 Å². The Morgan fingerprint density at radius 1 is 1.27 bits per heavy atom. The summed E-state index contributed by atoms with van der Waals surface area (Å²) in [6, 6.07) is 0. The summed E-state index contributed by atoms with van der Waals surface area (Å²) >= 11 is 7.35. The number of ether oxygens (including phenoxy) is 1. The van der Waals surface area contributed by atoms with Gasteiger partial charge in [0.05, 0.1) is 13.2 Å². The number of alkyl halides is 1. The van der Waals surface area contributed by atoms with Crippen molar-refractivity contribution >= 4 is 23.4 Å². The number of thioether (sulfide) groups is 1. The van der Waals surface area contributed by atoms with Crippen molar-refractivity contribution < 1.29 is 4.74 Å². The molecule has 0 radical (unpaired) electrons. The lowest BCUT2D eigenvalue weighted by Crippen LogP contribution is -2.11. The molecule has 0 aliphatic heterocycles. The number of hydrogen-bond acceptors (Lipinski definition) is 2. The average molecular weight is 197 g/mol. The van der Waals surface area contributed by atoms with Crippen LogP contribution in [0.15, 0.2) is 0 Å². The lowest BCUT2D eigenvalue weighted by atomic mass is 10.3. The lowest BCUT2D eigenvalue weighted by molar-refractivity contribution is 0.166. The van der Waals surface area contributed by atoms with Crippen molar-refractivity contribution in [1.29, 1.82) is 0 Å². The predicted octanol–water partition coefficient (Wildman–Crippen LogP) is 2.77. The standard InChI is InChI=1S/C8H17ClOS/c1-8(2,3)11-7-6-10-5-4-9/h4-7H2,1-3H3. The monoisotopic (exact) mass is 196 g/mol. The summed E-state index contributed by atoms with van der Waals surface area (Å²) in [6.07, 6.45) is 0. The fourth-order valence-corrected chi connectivity index (χ4v) is 1.49. The fourth-order valence-electron chi connectivity index (χ4n) is 0.563. The third kappa shape index (κ3) is 10.6. The molecule has 0 aliphatic rings. The van der Waals surface area contributed by atoms with Gasteiger partial charge in [-0.25, -0.2) is 0 Å². The zero-order valence-corrected chi connectivity index (χ0v) is 9.10. The van der Waals surface area contributed by atoms with E-state index in [2.05, 4.69) is 20.8 Å². The van der Waals surface area contributed by atoms with Crippen LogP contribution in [0.5, 0.6) is 0 Å². The van der Waals surface area contributed by atoms with Gasteiger partial charge >= 0.3 is 0 Å². The Hall–Kier alpha value is 0.600. The normalized spacial score (nSPS) is 12.0. The third-order valence-corrected chi connectivity index (χ3v) is 2.38. The van der Waals surface area contributed by atoms with Crippen molar-refractivity contribution in [1.82, 2.24) is 0 Å². The van der Waals surface area contributed by atoms with Crippen molar-refractivity contribution in [3.05, 3.63) is 0 Å². The molecule has 0 aromatic heterocycles. The molecule has 68 valence electrons. The van der Waals surface area contributed by atoms with Gasteiger partial charge in [0.25, 0.3) is 0 Å². The van der Waals surface area contributed by atoms with Crippen LogP contribution in [0.25, 0.3) is 0 Å². The zero-order valence-electron chi connectivity index (χ0n) is 7.52. The van der Waals surface area contributed by atoms with E-state index in [-0.39, 0.29) is 0 Å². The molecule has 0 spiro atoms. The molecular weight excluding hydrogens is 180 g/mol. The first-order valence-corrected chi connectivity index (χ1v) is 5.36. The van der Waals surface area contributed by atoms with E-state index in [1.165, 1.54) is 0 Å². The van der Waals surface area contributed by atoms with E-state index in [4.69, 9.17) is 16.3 Å². The van der Waals surface area contributed by atoms with Crippen molar-refractivity contribution in [2.45, 2.75) is 25.5 Å². The van der Waals surface area contributed by atoms with Crippen LogP contribution in [0.3, 0.4) is 0 Å². The highest BCUT2D eigenvalue weighted by atomic mass is 35.5. The molecule has 0 unspecified atom stereocenters. The molecule has 0 fully saturated rings. The minimum Gasteiger partial charge on any atom is -0.379 e. The van der Waals surface area contributed by atoms with E-state index in [1.807, 2.05) is 11.8 Å². The minimum atomic E-state index is 0.352. The Morgan fingerprint density at radius 3 is 2.36 bits per heavy atom. The first-order valence-electron chi connectivity index (χ1n) is 3.84. The van der Waals surface area contributed by atoms with Gasteiger partial charge in [0.1, 0.15) is 0 Å². The highest BCUT2D eigenvalue weighted by molar-refractivity contribution is 8.00. The van der Waals surface area contributed by atoms with Gasteiger partial charge in [0.15, 0.2) is 0 Å². The highest BCUT2D eigenvalue weighted by Crippen LogP contribution is 2.22. The van der Waals surface area contributed by atoms with E-state index in [1.54, 1.807) is 0 Å². The smallest absolute Gasteiger partial charge is 0.0602 e. The first-order chi connectivity index (χ1) is 5.06. The number of hydrogen-bond donors (Lipinski definition) is 0. The summed E-state index contributed by atoms with van der Waals surface area (Å²) in [5.41, 5.74) is 0. The molecule has 0 atom stereocenters. The molecule has 0 aliphatic carbocycles. The van der Waals surface area contributed by atoms with Crippen LogP contribution in [0.2, 0.25) is 0 Å². The van der Waals surface area contributed by atoms with E-state index >= 15 is 0 Å². The molecule has 1 nitrogen and oxygen atoms in total. The predicted molar refractivity (Wildman–Crippen MR) is 53.8 cm³/mol. The number of rotatable bonds is 5. The molecule has 0 bridgehead atoms. The van der Waals surface area contributed by atoms with E-state index in [9.17, 15) is 0 Å². The second kappa shape index (κ2) is 6.15. The molecule has 11 heavy (non-hydrogen) atoms. The summed E-state index contributed by atoms with van der Waals surface area (Å²) in [4.78, 5) is 0. The molecule has 0 aromatic carbocycles. The summed E-state index contributed by atoms with van der Waals surface area (Å²) in [5, 5.41) is 0. The van der Waals surface area contributed by atoms with Crippen LogP contribution in [-0.2, 0) is 4.74 Å². The van der Waals surface area contributed by atoms with E-state index < -0.39 is 0 Å². The summed E-state index contributed by atoms with van der Waals surface area (Å²) in [5.74, 6) is 1.65. The Balaban J connectivity index is 3.02. The second-order valence-electron chi connectivity index (χ2n) is 3.26. The second-order valence-corrected chi connectivity index (χ2v) is 5.56. The molecule has 0 amide bonds. The summed E-state index contributed by atoms with van der Waals surface area (Å²) in [7, 11) is 0. The van der Waals surface area contributed by atoms with Gasteiger partial charge < -0.3 is 4.74 Å². The van der Waals surface area contributed by atoms with Crippen molar-refractivity contribution in [3.8, 4) is 0 Å². The van der Waals surface area contributed by atoms with Gasteiger partial charge in [0.2, 0.25) is 0 Å². The van der Waals surface area contributed by atoms with E-state index in [0.29, 0.717) is 17.2 Å². The van der Waals surface area contributed by atoms with Gasteiger partial charge in [-0.2, -0.15) is 11.8 Å². The van der Waals surface area contributed by atoms with Gasteiger partial charge in [-0.3, -0.25) is 0 Å². The maximum Gasteiger partial charge on any atom is 0.0602 e. The maximum atomic E-state index is 5.44. The largest absolute Gasteiger partial charge is 0.379 e. The Labute approximate surface area is 78.8 Å². The van der Waals surface area contributed by atoms with Crippen molar-refractivity contribution in [2.24, 2.45) is 0 Å². The SMILES string of the molecule is CC(C)(C)SCCOCCCl. The van der Waals surface area contributed by atoms with Crippen LogP contribution in [0.4, 0.5) is 0 Å². The molecule has 0 rings (SSSR count). The van der Waals surface area contributed by atoms with Crippen LogP contribution < -0.4 is 0 Å². The third-order valence-electron chi connectivity index (χ3n) is 0.984. The van der Waals surface area contributed by atoms with Crippen LogP contribution >= 0.6 is 23.4 Å². The molecule has 0 heterocycles. The summed E-state index contributed by atoms with van der Waals surface area (Å²) < 4.78 is 5.58. The van der Waals surface area contributed by atoms with Gasteiger partial charge in [-0.05, 0) is 0 Å². The molecule has 0 aromatic rings. The molecule has 0 saturated carbocycles. The Kier molecular flexibility index (Phi) is 6.49. The molecular formula is C8H17ClOS. The van der Waals surface area contributed by atoms with Crippen molar-refractivity contribution in [3.63, 3.8) is 0 Å². The Morgan fingerprint density at radius 2 is 1.91 bits per heavy atom. The van der Waals surface area contributed by atoms with E-state index in [0.717, 1.165) is 12.4 Å². The molecule has 0 saturated heterocycles. The molecule has 0 N–H and O–H groups in total. The average Bonchev–Trinajstić information content (AvgIpc) is 1.85. The van der Waals surface area contributed by atoms with Gasteiger partial charge in [-0.1, -0.05) is 20.8 Å². The quantitative estimate of drug-likeness (QED) is 0.494. The van der Waals surface area contributed by atoms with Gasteiger partial charge in [-0.15, -0.1) is 11.6 Å². The molecule has 3 heteroatoms. The van der Waals surface area contributed by atoms with Crippen LogP contribution in [0.1, 0.15) is 20.8 Å². The van der Waals surface area contributed by atoms with Gasteiger partial charge in [0, 0.05) is 16.4 Å². The Bertz CT molecular complexity index is 90.6. The fraction of sp³-hybridized carbons (Fsp3) is 1.00. The zero-order chi connectivity index (χ0) is 8.74. The lowest BCUT2D eigenvalue weighted by Gasteiger charge is -2.16.